The highest BCUT2D eigenvalue weighted by atomic mass is 35.5. The first-order valence-electron chi connectivity index (χ1n) is 9.13. The van der Waals surface area contributed by atoms with Gasteiger partial charge in [-0.25, -0.2) is 4.98 Å². The van der Waals surface area contributed by atoms with Crippen molar-refractivity contribution in [2.45, 2.75) is 33.7 Å². The van der Waals surface area contributed by atoms with E-state index in [1.807, 2.05) is 12.1 Å². The first-order valence-corrected chi connectivity index (χ1v) is 10.3. The van der Waals surface area contributed by atoms with Gasteiger partial charge in [0, 0.05) is 11.6 Å². The van der Waals surface area contributed by atoms with Gasteiger partial charge >= 0.3 is 0 Å². The van der Waals surface area contributed by atoms with E-state index in [-0.39, 0.29) is 17.2 Å². The van der Waals surface area contributed by atoms with Gasteiger partial charge in [0.2, 0.25) is 0 Å². The van der Waals surface area contributed by atoms with E-state index in [4.69, 9.17) is 16.3 Å². The number of ether oxygens (including phenoxy) is 1. The van der Waals surface area contributed by atoms with Crippen LogP contribution in [0.4, 0.5) is 0 Å². The molecule has 3 aromatic rings. The lowest BCUT2D eigenvalue weighted by Crippen LogP contribution is -2.23. The summed E-state index contributed by atoms with van der Waals surface area (Å²) in [5, 5.41) is 14.3. The maximum absolute atomic E-state index is 12.5. The summed E-state index contributed by atoms with van der Waals surface area (Å²) in [6, 6.07) is 10.1. The van der Waals surface area contributed by atoms with Crippen molar-refractivity contribution in [3.05, 3.63) is 58.4 Å². The van der Waals surface area contributed by atoms with Crippen LogP contribution in [0.2, 0.25) is 5.02 Å². The zero-order chi connectivity index (χ0) is 21.4. The van der Waals surface area contributed by atoms with Crippen LogP contribution in [0.25, 0.3) is 10.6 Å². The number of rotatable bonds is 5. The number of carbonyl (C=O) groups is 1. The minimum absolute atomic E-state index is 0.0569. The predicted molar refractivity (Wildman–Crippen MR) is 117 cm³/mol. The van der Waals surface area contributed by atoms with Gasteiger partial charge in [-0.15, -0.1) is 0 Å². The van der Waals surface area contributed by atoms with Crippen molar-refractivity contribution in [1.82, 2.24) is 14.7 Å². The van der Waals surface area contributed by atoms with Crippen molar-refractivity contribution in [2.24, 2.45) is 0 Å². The third kappa shape index (κ3) is 6.17. The molecule has 3 rings (SSSR count). The highest BCUT2D eigenvalue weighted by Gasteiger charge is 2.19. The fourth-order valence-corrected chi connectivity index (χ4v) is 3.19. The SMILES string of the molecule is CCC.COc1cc(-c2nc(C)ns2)c(O)cc1C(=O)NCc1ccc(Cl)cc1. The Bertz CT molecular complexity index is 958. The summed E-state index contributed by atoms with van der Waals surface area (Å²) in [6.07, 6.45) is 1.25. The van der Waals surface area contributed by atoms with Crippen molar-refractivity contribution in [2.75, 3.05) is 7.11 Å². The Morgan fingerprint density at radius 3 is 2.45 bits per heavy atom. The molecular formula is C21H24ClN3O3S. The average Bonchev–Trinajstić information content (AvgIpc) is 3.13. The van der Waals surface area contributed by atoms with E-state index in [1.165, 1.54) is 31.1 Å². The number of nitrogens with zero attached hydrogens (tertiary/aromatic N) is 2. The van der Waals surface area contributed by atoms with Crippen LogP contribution in [0.5, 0.6) is 11.5 Å². The molecule has 0 unspecified atom stereocenters. The van der Waals surface area contributed by atoms with Crippen molar-refractivity contribution in [3.8, 4) is 22.1 Å². The van der Waals surface area contributed by atoms with Crippen LogP contribution in [0.1, 0.15) is 42.0 Å². The first-order chi connectivity index (χ1) is 13.9. The van der Waals surface area contributed by atoms with E-state index in [0.717, 1.165) is 5.56 Å². The van der Waals surface area contributed by atoms with Crippen LogP contribution in [0.15, 0.2) is 36.4 Å². The molecule has 0 spiro atoms. The van der Waals surface area contributed by atoms with E-state index in [9.17, 15) is 9.90 Å². The maximum atomic E-state index is 12.5. The molecule has 2 aromatic carbocycles. The highest BCUT2D eigenvalue weighted by molar-refractivity contribution is 7.09. The van der Waals surface area contributed by atoms with Crippen LogP contribution in [0.3, 0.4) is 0 Å². The smallest absolute Gasteiger partial charge is 0.255 e. The lowest BCUT2D eigenvalue weighted by atomic mass is 10.1. The molecule has 0 saturated carbocycles. The van der Waals surface area contributed by atoms with Gasteiger partial charge in [0.25, 0.3) is 5.91 Å². The van der Waals surface area contributed by atoms with Crippen LogP contribution in [0, 0.1) is 6.92 Å². The van der Waals surface area contributed by atoms with E-state index in [2.05, 4.69) is 28.5 Å². The molecule has 1 aromatic heterocycles. The Hall–Kier alpha value is -2.64. The third-order valence-electron chi connectivity index (χ3n) is 3.69. The second-order valence-electron chi connectivity index (χ2n) is 6.23. The molecule has 0 fully saturated rings. The molecule has 0 bridgehead atoms. The molecule has 0 saturated heterocycles. The highest BCUT2D eigenvalue weighted by Crippen LogP contribution is 2.36. The van der Waals surface area contributed by atoms with Gasteiger partial charge in [0.15, 0.2) is 0 Å². The van der Waals surface area contributed by atoms with Crippen LogP contribution in [-0.4, -0.2) is 27.5 Å². The van der Waals surface area contributed by atoms with Crippen LogP contribution >= 0.6 is 23.1 Å². The molecule has 0 atom stereocenters. The summed E-state index contributed by atoms with van der Waals surface area (Å²) in [5.74, 6) is 0.554. The van der Waals surface area contributed by atoms with Crippen molar-refractivity contribution in [3.63, 3.8) is 0 Å². The Balaban J connectivity index is 0.000000941. The summed E-state index contributed by atoms with van der Waals surface area (Å²) in [5.41, 5.74) is 1.62. The largest absolute Gasteiger partial charge is 0.507 e. The van der Waals surface area contributed by atoms with E-state index < -0.39 is 0 Å². The fraction of sp³-hybridized carbons (Fsp3) is 0.286. The monoisotopic (exact) mass is 433 g/mol. The molecule has 1 amide bonds. The van der Waals surface area contributed by atoms with Gasteiger partial charge in [-0.2, -0.15) is 4.37 Å². The molecule has 0 aliphatic rings. The molecule has 6 nitrogen and oxygen atoms in total. The number of benzene rings is 2. The number of aromatic hydroxyl groups is 1. The Labute approximate surface area is 179 Å². The number of phenolic OH excluding ortho intramolecular Hbond substituents is 1. The predicted octanol–water partition coefficient (Wildman–Crippen LogP) is 5.23. The number of aryl methyl sites for hydroxylation is 1. The summed E-state index contributed by atoms with van der Waals surface area (Å²) < 4.78 is 9.43. The topological polar surface area (TPSA) is 84.3 Å². The number of aromatic nitrogens is 2. The van der Waals surface area contributed by atoms with E-state index in [1.54, 1.807) is 25.1 Å². The lowest BCUT2D eigenvalue weighted by molar-refractivity contribution is 0.0947. The fourth-order valence-electron chi connectivity index (χ4n) is 2.37. The zero-order valence-electron chi connectivity index (χ0n) is 16.8. The maximum Gasteiger partial charge on any atom is 0.255 e. The van der Waals surface area contributed by atoms with Crippen molar-refractivity contribution < 1.29 is 14.6 Å². The second-order valence-corrected chi connectivity index (χ2v) is 7.42. The van der Waals surface area contributed by atoms with Gasteiger partial charge < -0.3 is 15.2 Å². The number of hydrogen-bond donors (Lipinski definition) is 2. The Morgan fingerprint density at radius 2 is 1.90 bits per heavy atom. The summed E-state index contributed by atoms with van der Waals surface area (Å²) in [6.45, 7) is 6.35. The standard InChI is InChI=1S/C18H16ClN3O3S.C3H8/c1-10-21-18(26-22-10)13-8-16(25-2)14(7-15(13)23)17(24)20-9-11-3-5-12(19)6-4-11;1-3-2/h3-8,23H,9H2,1-2H3,(H,20,24);3H2,1-2H3. The second kappa shape index (κ2) is 10.8. The first kappa shape index (κ1) is 22.6. The molecule has 8 heteroatoms. The number of amides is 1. The molecule has 2 N–H and O–H groups in total. The number of phenols is 1. The van der Waals surface area contributed by atoms with Gasteiger partial charge in [-0.05, 0) is 48.3 Å². The van der Waals surface area contributed by atoms with Gasteiger partial charge in [-0.3, -0.25) is 4.79 Å². The van der Waals surface area contributed by atoms with Gasteiger partial charge in [0.05, 0.1) is 18.2 Å². The molecular weight excluding hydrogens is 410 g/mol. The number of methoxy groups -OCH3 is 1. The number of halogens is 1. The quantitative estimate of drug-likeness (QED) is 0.575. The Kier molecular flexibility index (Phi) is 8.42. The summed E-state index contributed by atoms with van der Waals surface area (Å²) in [4.78, 5) is 16.8. The Morgan fingerprint density at radius 1 is 1.24 bits per heavy atom. The number of nitrogens with one attached hydrogen (secondary N) is 1. The summed E-state index contributed by atoms with van der Waals surface area (Å²) in [7, 11) is 1.47. The van der Waals surface area contributed by atoms with Gasteiger partial charge in [0.1, 0.15) is 22.3 Å². The number of carbonyl (C=O) groups excluding carboxylic acids is 1. The summed E-state index contributed by atoms with van der Waals surface area (Å²) >= 11 is 7.02. The molecule has 154 valence electrons. The molecule has 0 aliphatic heterocycles. The van der Waals surface area contributed by atoms with Crippen molar-refractivity contribution >= 4 is 29.0 Å². The zero-order valence-corrected chi connectivity index (χ0v) is 18.4. The van der Waals surface area contributed by atoms with Crippen LogP contribution in [-0.2, 0) is 6.54 Å². The minimum Gasteiger partial charge on any atom is -0.507 e. The third-order valence-corrected chi connectivity index (χ3v) is 4.78. The van der Waals surface area contributed by atoms with Crippen LogP contribution < -0.4 is 10.1 Å². The average molecular weight is 434 g/mol. The molecule has 0 aliphatic carbocycles. The lowest BCUT2D eigenvalue weighted by Gasteiger charge is -2.12. The van der Waals surface area contributed by atoms with E-state index in [0.29, 0.717) is 33.7 Å². The molecule has 29 heavy (non-hydrogen) atoms. The molecule has 1 heterocycles. The van der Waals surface area contributed by atoms with Crippen molar-refractivity contribution in [1.29, 1.82) is 0 Å². The normalized spacial score (nSPS) is 10.1. The molecule has 0 radical (unpaired) electrons. The minimum atomic E-state index is -0.355. The van der Waals surface area contributed by atoms with E-state index >= 15 is 0 Å². The van der Waals surface area contributed by atoms with Gasteiger partial charge in [-0.1, -0.05) is 44.0 Å². The number of hydrogen-bond acceptors (Lipinski definition) is 6.